The van der Waals surface area contributed by atoms with Crippen LogP contribution in [0.1, 0.15) is 41.1 Å². The number of hydrogen-bond acceptors (Lipinski definition) is 3. The molecule has 1 heterocycles. The minimum atomic E-state index is -0.236. The Kier molecular flexibility index (Phi) is 3.72. The van der Waals surface area contributed by atoms with Crippen LogP contribution in [0.25, 0.3) is 0 Å². The molecule has 1 aromatic heterocycles. The van der Waals surface area contributed by atoms with E-state index in [1.165, 1.54) is 11.9 Å². The summed E-state index contributed by atoms with van der Waals surface area (Å²) in [5.41, 5.74) is 2.30. The molecule has 0 saturated carbocycles. The first-order valence-electron chi connectivity index (χ1n) is 5.93. The van der Waals surface area contributed by atoms with Gasteiger partial charge in [-0.15, -0.1) is 0 Å². The van der Waals surface area contributed by atoms with Crippen LogP contribution >= 0.6 is 0 Å². The minimum absolute atomic E-state index is 0.0109. The average Bonchev–Trinajstić information content (AvgIpc) is 2.91. The summed E-state index contributed by atoms with van der Waals surface area (Å²) < 4.78 is 0. The van der Waals surface area contributed by atoms with Crippen molar-refractivity contribution in [2.24, 2.45) is 0 Å². The summed E-state index contributed by atoms with van der Waals surface area (Å²) in [6.45, 7) is 4.07. The molecule has 0 fully saturated rings. The molecule has 0 aliphatic carbocycles. The van der Waals surface area contributed by atoms with Crippen LogP contribution < -0.4 is 5.32 Å². The van der Waals surface area contributed by atoms with Crippen molar-refractivity contribution in [1.29, 1.82) is 0 Å². The van der Waals surface area contributed by atoms with Crippen molar-refractivity contribution < 1.29 is 4.79 Å². The van der Waals surface area contributed by atoms with Gasteiger partial charge in [-0.3, -0.25) is 9.89 Å². The maximum absolute atomic E-state index is 11.9. The Labute approximate surface area is 106 Å². The van der Waals surface area contributed by atoms with E-state index in [4.69, 9.17) is 0 Å². The summed E-state index contributed by atoms with van der Waals surface area (Å²) in [4.78, 5) is 15.7. The number of aromatic nitrogens is 3. The third kappa shape index (κ3) is 2.74. The molecule has 1 aromatic carbocycles. The van der Waals surface area contributed by atoms with E-state index in [0.29, 0.717) is 0 Å². The summed E-state index contributed by atoms with van der Waals surface area (Å²) in [5, 5.41) is 9.15. The lowest BCUT2D eigenvalue weighted by atomic mass is 10.0. The molecule has 2 aromatic rings. The van der Waals surface area contributed by atoms with Gasteiger partial charge in [-0.05, 0) is 18.9 Å². The molecule has 1 unspecified atom stereocenters. The lowest BCUT2D eigenvalue weighted by molar-refractivity contribution is 0.0925. The Morgan fingerprint density at radius 1 is 1.39 bits per heavy atom. The molecule has 2 N–H and O–H groups in total. The quantitative estimate of drug-likeness (QED) is 0.864. The zero-order valence-electron chi connectivity index (χ0n) is 10.5. The molecular weight excluding hydrogens is 228 g/mol. The number of hydrogen-bond donors (Lipinski definition) is 2. The molecule has 18 heavy (non-hydrogen) atoms. The Morgan fingerprint density at radius 3 is 2.67 bits per heavy atom. The molecule has 2 rings (SSSR count). The van der Waals surface area contributed by atoms with Crippen molar-refractivity contribution in [3.63, 3.8) is 0 Å². The lowest BCUT2D eigenvalue weighted by Gasteiger charge is -2.16. The first-order valence-corrected chi connectivity index (χ1v) is 5.93. The van der Waals surface area contributed by atoms with Crippen molar-refractivity contribution in [2.45, 2.75) is 26.3 Å². The number of nitrogens with zero attached hydrogens (tertiary/aromatic N) is 2. The SMILES string of the molecule is CCC(NC(=O)c1ncn[nH]1)c1ccc(C)cc1. The van der Waals surface area contributed by atoms with Crippen molar-refractivity contribution in [3.8, 4) is 0 Å². The Bertz CT molecular complexity index is 504. The van der Waals surface area contributed by atoms with E-state index in [0.717, 1.165) is 12.0 Å². The van der Waals surface area contributed by atoms with Crippen molar-refractivity contribution in [1.82, 2.24) is 20.5 Å². The average molecular weight is 244 g/mol. The monoisotopic (exact) mass is 244 g/mol. The van der Waals surface area contributed by atoms with Gasteiger partial charge < -0.3 is 5.32 Å². The number of carbonyl (C=O) groups excluding carboxylic acids is 1. The first-order chi connectivity index (χ1) is 8.70. The van der Waals surface area contributed by atoms with E-state index in [2.05, 4.69) is 20.5 Å². The van der Waals surface area contributed by atoms with Crippen LogP contribution in [0, 0.1) is 6.92 Å². The number of rotatable bonds is 4. The van der Waals surface area contributed by atoms with Crippen LogP contribution in [0.2, 0.25) is 0 Å². The van der Waals surface area contributed by atoms with Gasteiger partial charge >= 0.3 is 0 Å². The molecule has 94 valence electrons. The molecule has 0 radical (unpaired) electrons. The highest BCUT2D eigenvalue weighted by atomic mass is 16.2. The summed E-state index contributed by atoms with van der Waals surface area (Å²) in [7, 11) is 0. The second kappa shape index (κ2) is 5.44. The van der Waals surface area contributed by atoms with Crippen molar-refractivity contribution in [2.75, 3.05) is 0 Å². The topological polar surface area (TPSA) is 70.7 Å². The third-order valence-corrected chi connectivity index (χ3v) is 2.82. The standard InChI is InChI=1S/C13H16N4O/c1-3-11(10-6-4-9(2)5-7-10)16-13(18)12-14-8-15-17-12/h4-8,11H,3H2,1-2H3,(H,16,18)(H,14,15,17). The molecule has 1 atom stereocenters. The number of benzene rings is 1. The first kappa shape index (κ1) is 12.3. The molecule has 5 nitrogen and oxygen atoms in total. The molecule has 1 amide bonds. The number of H-pyrrole nitrogens is 1. The second-order valence-corrected chi connectivity index (χ2v) is 4.18. The predicted octanol–water partition coefficient (Wildman–Crippen LogP) is 1.99. The highest BCUT2D eigenvalue weighted by Gasteiger charge is 2.15. The Hall–Kier alpha value is -2.17. The van der Waals surface area contributed by atoms with E-state index in [-0.39, 0.29) is 17.8 Å². The van der Waals surface area contributed by atoms with Gasteiger partial charge in [-0.25, -0.2) is 4.98 Å². The van der Waals surface area contributed by atoms with E-state index in [1.54, 1.807) is 0 Å². The number of aromatic amines is 1. The number of aryl methyl sites for hydroxylation is 1. The van der Waals surface area contributed by atoms with Gasteiger partial charge in [0.1, 0.15) is 6.33 Å². The van der Waals surface area contributed by atoms with Crippen LogP contribution in [0.5, 0.6) is 0 Å². The third-order valence-electron chi connectivity index (χ3n) is 2.82. The highest BCUT2D eigenvalue weighted by molar-refractivity contribution is 5.90. The summed E-state index contributed by atoms with van der Waals surface area (Å²) in [5.74, 6) is 0.000451. The molecule has 0 aliphatic rings. The van der Waals surface area contributed by atoms with Crippen LogP contribution in [-0.4, -0.2) is 21.1 Å². The summed E-state index contributed by atoms with van der Waals surface area (Å²) in [6, 6.07) is 8.13. The van der Waals surface area contributed by atoms with E-state index in [9.17, 15) is 4.79 Å². The fourth-order valence-electron chi connectivity index (χ4n) is 1.76. The Morgan fingerprint density at radius 2 is 2.11 bits per heavy atom. The fraction of sp³-hybridized carbons (Fsp3) is 0.308. The normalized spacial score (nSPS) is 12.1. The van der Waals surface area contributed by atoms with Crippen LogP contribution in [0.4, 0.5) is 0 Å². The highest BCUT2D eigenvalue weighted by Crippen LogP contribution is 2.17. The number of nitrogens with one attached hydrogen (secondary N) is 2. The van der Waals surface area contributed by atoms with Gasteiger partial charge in [-0.1, -0.05) is 36.8 Å². The fourth-order valence-corrected chi connectivity index (χ4v) is 1.76. The van der Waals surface area contributed by atoms with Gasteiger partial charge in [0.05, 0.1) is 6.04 Å². The predicted molar refractivity (Wildman–Crippen MR) is 68.1 cm³/mol. The van der Waals surface area contributed by atoms with Crippen LogP contribution in [0.3, 0.4) is 0 Å². The smallest absolute Gasteiger partial charge is 0.289 e. The molecule has 0 aliphatic heterocycles. The van der Waals surface area contributed by atoms with E-state index in [1.807, 2.05) is 38.1 Å². The molecule has 5 heteroatoms. The van der Waals surface area contributed by atoms with E-state index >= 15 is 0 Å². The maximum atomic E-state index is 11.9. The van der Waals surface area contributed by atoms with Gasteiger partial charge in [0.25, 0.3) is 5.91 Å². The van der Waals surface area contributed by atoms with Crippen LogP contribution in [0.15, 0.2) is 30.6 Å². The van der Waals surface area contributed by atoms with Gasteiger partial charge in [0, 0.05) is 0 Å². The van der Waals surface area contributed by atoms with Crippen molar-refractivity contribution >= 4 is 5.91 Å². The Balaban J connectivity index is 2.10. The zero-order valence-corrected chi connectivity index (χ0v) is 10.5. The van der Waals surface area contributed by atoms with Crippen molar-refractivity contribution in [3.05, 3.63) is 47.5 Å². The molecular formula is C13H16N4O. The summed E-state index contributed by atoms with van der Waals surface area (Å²) in [6.07, 6.45) is 2.14. The number of carbonyl (C=O) groups is 1. The van der Waals surface area contributed by atoms with Gasteiger partial charge in [0.2, 0.25) is 5.82 Å². The maximum Gasteiger partial charge on any atom is 0.289 e. The molecule has 0 saturated heterocycles. The lowest BCUT2D eigenvalue weighted by Crippen LogP contribution is -2.29. The molecule has 0 spiro atoms. The van der Waals surface area contributed by atoms with Crippen LogP contribution in [-0.2, 0) is 0 Å². The van der Waals surface area contributed by atoms with Gasteiger partial charge in [-0.2, -0.15) is 5.10 Å². The van der Waals surface area contributed by atoms with Gasteiger partial charge in [0.15, 0.2) is 0 Å². The number of amides is 1. The minimum Gasteiger partial charge on any atom is -0.343 e. The largest absolute Gasteiger partial charge is 0.343 e. The van der Waals surface area contributed by atoms with E-state index < -0.39 is 0 Å². The summed E-state index contributed by atoms with van der Waals surface area (Å²) >= 11 is 0. The zero-order chi connectivity index (χ0) is 13.0. The second-order valence-electron chi connectivity index (χ2n) is 4.18. The molecule has 0 bridgehead atoms.